The van der Waals surface area contributed by atoms with Crippen molar-refractivity contribution in [1.29, 1.82) is 0 Å². The molecule has 2 aliphatic rings. The van der Waals surface area contributed by atoms with Crippen LogP contribution in [-0.2, 0) is 27.8 Å². The van der Waals surface area contributed by atoms with Crippen LogP contribution in [0.25, 0.3) is 0 Å². The Hall–Kier alpha value is -1.19. The van der Waals surface area contributed by atoms with Crippen molar-refractivity contribution < 1.29 is 18.3 Å². The van der Waals surface area contributed by atoms with E-state index in [4.69, 9.17) is 5.11 Å². The number of aromatic nitrogens is 1. The van der Waals surface area contributed by atoms with Gasteiger partial charge >= 0.3 is 16.2 Å². The van der Waals surface area contributed by atoms with Gasteiger partial charge in [0.2, 0.25) is 0 Å². The van der Waals surface area contributed by atoms with Crippen LogP contribution in [0.15, 0.2) is 0 Å². The van der Waals surface area contributed by atoms with E-state index in [0.29, 0.717) is 24.5 Å². The average molecular weight is 331 g/mol. The fourth-order valence-electron chi connectivity index (χ4n) is 2.77. The Kier molecular flexibility index (Phi) is 3.89. The number of carboxylic acid groups (broad SMARTS) is 1. The maximum atomic E-state index is 12.3. The number of nitrogens with zero attached hydrogens (tertiary/aromatic N) is 2. The minimum Gasteiger partial charge on any atom is -0.481 e. The first-order valence-corrected chi connectivity index (χ1v) is 9.20. The summed E-state index contributed by atoms with van der Waals surface area (Å²) in [4.78, 5) is 16.5. The summed E-state index contributed by atoms with van der Waals surface area (Å²) in [5.41, 5.74) is 0.986. The summed E-state index contributed by atoms with van der Waals surface area (Å²) >= 11 is 1.38. The minimum atomic E-state index is -3.72. The zero-order valence-corrected chi connectivity index (χ0v) is 13.0. The third-order valence-corrected chi connectivity index (χ3v) is 6.55. The molecule has 1 atom stereocenters. The summed E-state index contributed by atoms with van der Waals surface area (Å²) in [6.07, 6.45) is 4.02. The van der Waals surface area contributed by atoms with Gasteiger partial charge in [-0.3, -0.25) is 4.79 Å². The fourth-order valence-corrected chi connectivity index (χ4v) is 5.30. The van der Waals surface area contributed by atoms with Crippen LogP contribution in [0.1, 0.15) is 29.8 Å². The van der Waals surface area contributed by atoms with Crippen molar-refractivity contribution in [3.8, 4) is 0 Å². The predicted octanol–water partition coefficient (Wildman–Crippen LogP) is 1.09. The maximum absolute atomic E-state index is 12.3. The van der Waals surface area contributed by atoms with Crippen LogP contribution in [0, 0.1) is 5.92 Å². The molecule has 1 saturated heterocycles. The summed E-state index contributed by atoms with van der Waals surface area (Å²) in [6.45, 7) is 0.375. The smallest absolute Gasteiger partial charge is 0.307 e. The van der Waals surface area contributed by atoms with E-state index in [1.807, 2.05) is 0 Å². The molecular formula is C12H17N3O4S2. The standard InChI is InChI=1S/C12H17N3O4S2/c16-11(17)8-3-2-6-15(7-8)21(18,19)14-12-13-9-4-1-5-10(9)20-12/h8H,1-7H2,(H,13,14)(H,16,17). The molecule has 7 nitrogen and oxygen atoms in total. The van der Waals surface area contributed by atoms with Crippen molar-refractivity contribution in [1.82, 2.24) is 9.29 Å². The average Bonchev–Trinajstić information content (AvgIpc) is 2.99. The van der Waals surface area contributed by atoms with E-state index in [1.165, 1.54) is 15.6 Å². The Labute approximate surface area is 127 Å². The van der Waals surface area contributed by atoms with Gasteiger partial charge in [0, 0.05) is 18.0 Å². The van der Waals surface area contributed by atoms with Crippen LogP contribution < -0.4 is 4.72 Å². The quantitative estimate of drug-likeness (QED) is 0.860. The molecule has 1 aromatic heterocycles. The van der Waals surface area contributed by atoms with Gasteiger partial charge in [-0.15, -0.1) is 11.3 Å². The van der Waals surface area contributed by atoms with Crippen molar-refractivity contribution in [3.63, 3.8) is 0 Å². The fraction of sp³-hybridized carbons (Fsp3) is 0.667. The second kappa shape index (κ2) is 5.54. The lowest BCUT2D eigenvalue weighted by Crippen LogP contribution is -2.44. The molecule has 0 aromatic carbocycles. The molecule has 1 aliphatic carbocycles. The molecule has 0 spiro atoms. The first-order valence-electron chi connectivity index (χ1n) is 6.95. The summed E-state index contributed by atoms with van der Waals surface area (Å²) in [5.74, 6) is -1.57. The molecule has 116 valence electrons. The van der Waals surface area contributed by atoms with Gasteiger partial charge < -0.3 is 5.11 Å². The lowest BCUT2D eigenvalue weighted by atomic mass is 10.0. The highest BCUT2D eigenvalue weighted by atomic mass is 32.2. The topological polar surface area (TPSA) is 99.6 Å². The number of carbonyl (C=O) groups is 1. The number of piperidine rings is 1. The maximum Gasteiger partial charge on any atom is 0.307 e. The molecule has 2 N–H and O–H groups in total. The molecular weight excluding hydrogens is 314 g/mol. The number of hydrogen-bond donors (Lipinski definition) is 2. The van der Waals surface area contributed by atoms with Crippen LogP contribution in [0.5, 0.6) is 0 Å². The van der Waals surface area contributed by atoms with Gasteiger partial charge in [-0.1, -0.05) is 0 Å². The second-order valence-electron chi connectivity index (χ2n) is 5.38. The Morgan fingerprint density at radius 3 is 2.90 bits per heavy atom. The summed E-state index contributed by atoms with van der Waals surface area (Å²) in [6, 6.07) is 0. The first kappa shape index (κ1) is 14.7. The van der Waals surface area contributed by atoms with Crippen molar-refractivity contribution >= 4 is 32.6 Å². The van der Waals surface area contributed by atoms with Crippen LogP contribution in [0.3, 0.4) is 0 Å². The highest BCUT2D eigenvalue weighted by Gasteiger charge is 2.33. The predicted molar refractivity (Wildman–Crippen MR) is 78.6 cm³/mol. The van der Waals surface area contributed by atoms with Crippen molar-refractivity contribution in [2.75, 3.05) is 17.8 Å². The zero-order valence-electron chi connectivity index (χ0n) is 11.4. The van der Waals surface area contributed by atoms with E-state index in [1.54, 1.807) is 0 Å². The van der Waals surface area contributed by atoms with Crippen LogP contribution in [-0.4, -0.2) is 41.9 Å². The molecule has 0 bridgehead atoms. The normalized spacial score (nSPS) is 23.0. The third kappa shape index (κ3) is 3.04. The third-order valence-electron chi connectivity index (χ3n) is 3.89. The monoisotopic (exact) mass is 331 g/mol. The molecule has 3 rings (SSSR count). The van der Waals surface area contributed by atoms with Gasteiger partial charge in [0.25, 0.3) is 0 Å². The first-order chi connectivity index (χ1) is 9.95. The number of nitrogens with one attached hydrogen (secondary N) is 1. The van der Waals surface area contributed by atoms with Crippen LogP contribution >= 0.6 is 11.3 Å². The van der Waals surface area contributed by atoms with Gasteiger partial charge in [0.05, 0.1) is 11.6 Å². The van der Waals surface area contributed by atoms with E-state index in [2.05, 4.69) is 9.71 Å². The summed E-state index contributed by atoms with van der Waals surface area (Å²) < 4.78 is 28.4. The van der Waals surface area contributed by atoms with Gasteiger partial charge in [0.1, 0.15) is 0 Å². The van der Waals surface area contributed by atoms with E-state index >= 15 is 0 Å². The highest BCUT2D eigenvalue weighted by molar-refractivity contribution is 7.90. The van der Waals surface area contributed by atoms with Crippen LogP contribution in [0.4, 0.5) is 5.13 Å². The number of aryl methyl sites for hydroxylation is 2. The van der Waals surface area contributed by atoms with E-state index < -0.39 is 22.1 Å². The van der Waals surface area contributed by atoms with Crippen molar-refractivity contribution in [3.05, 3.63) is 10.6 Å². The Morgan fingerprint density at radius 1 is 1.38 bits per heavy atom. The Balaban J connectivity index is 1.72. The summed E-state index contributed by atoms with van der Waals surface area (Å²) in [7, 11) is -3.72. The highest BCUT2D eigenvalue weighted by Crippen LogP contribution is 2.31. The Bertz CT molecular complexity index is 634. The van der Waals surface area contributed by atoms with Crippen molar-refractivity contribution in [2.24, 2.45) is 5.92 Å². The molecule has 1 fully saturated rings. The number of rotatable bonds is 4. The lowest BCUT2D eigenvalue weighted by molar-refractivity contribution is -0.142. The second-order valence-corrected chi connectivity index (χ2v) is 8.14. The van der Waals surface area contributed by atoms with Gasteiger partial charge in [-0.2, -0.15) is 12.7 Å². The number of aliphatic carboxylic acids is 1. The number of anilines is 1. The zero-order chi connectivity index (χ0) is 15.0. The van der Waals surface area contributed by atoms with Gasteiger partial charge in [-0.05, 0) is 32.1 Å². The minimum absolute atomic E-state index is 0.0236. The number of thiazole rings is 1. The molecule has 21 heavy (non-hydrogen) atoms. The molecule has 2 heterocycles. The van der Waals surface area contributed by atoms with E-state index in [-0.39, 0.29) is 6.54 Å². The lowest BCUT2D eigenvalue weighted by Gasteiger charge is -2.29. The molecule has 1 aliphatic heterocycles. The molecule has 1 aromatic rings. The number of fused-ring (bicyclic) bond motifs is 1. The van der Waals surface area contributed by atoms with E-state index in [9.17, 15) is 13.2 Å². The number of hydrogen-bond acceptors (Lipinski definition) is 5. The molecule has 1 unspecified atom stereocenters. The van der Waals surface area contributed by atoms with E-state index in [0.717, 1.165) is 29.8 Å². The largest absolute Gasteiger partial charge is 0.481 e. The van der Waals surface area contributed by atoms with Crippen LogP contribution in [0.2, 0.25) is 0 Å². The molecule has 0 radical (unpaired) electrons. The Morgan fingerprint density at radius 2 is 2.19 bits per heavy atom. The van der Waals surface area contributed by atoms with Gasteiger partial charge in [-0.25, -0.2) is 9.71 Å². The molecule has 9 heteroatoms. The molecule has 0 amide bonds. The van der Waals surface area contributed by atoms with Gasteiger partial charge in [0.15, 0.2) is 5.13 Å². The van der Waals surface area contributed by atoms with Crippen molar-refractivity contribution in [2.45, 2.75) is 32.1 Å². The number of carboxylic acids is 1. The molecule has 0 saturated carbocycles. The SMILES string of the molecule is O=C(O)C1CCCN(S(=O)(=O)Nc2nc3c(s2)CCC3)C1. The summed E-state index contributed by atoms with van der Waals surface area (Å²) in [5, 5.41) is 9.42.